The number of esters is 1. The zero-order valence-electron chi connectivity index (χ0n) is 17.3. The van der Waals surface area contributed by atoms with Crippen molar-refractivity contribution in [1.29, 1.82) is 0 Å². The minimum atomic E-state index is -0.361. The average Bonchev–Trinajstić information content (AvgIpc) is 3.52. The van der Waals surface area contributed by atoms with Gasteiger partial charge in [0.1, 0.15) is 16.1 Å². The number of carbonyl (C=O) groups is 1. The topological polar surface area (TPSA) is 86.7 Å². The van der Waals surface area contributed by atoms with Crippen molar-refractivity contribution in [1.82, 2.24) is 14.6 Å². The molecule has 5 aromatic rings. The molecule has 0 aliphatic heterocycles. The largest absolute Gasteiger partial charge is 0.462 e. The van der Waals surface area contributed by atoms with Crippen molar-refractivity contribution in [2.45, 2.75) is 6.92 Å². The van der Waals surface area contributed by atoms with Crippen LogP contribution in [0.5, 0.6) is 0 Å². The Morgan fingerprint density at radius 1 is 1.15 bits per heavy atom. The number of rotatable bonds is 5. The fourth-order valence-electron chi connectivity index (χ4n) is 3.29. The second-order valence-electron chi connectivity index (χ2n) is 7.03. The molecule has 2 aromatic carbocycles. The number of benzene rings is 2. The van der Waals surface area contributed by atoms with E-state index in [0.717, 1.165) is 15.6 Å². The summed E-state index contributed by atoms with van der Waals surface area (Å²) in [6.07, 6.45) is 1.68. The summed E-state index contributed by atoms with van der Waals surface area (Å²) in [5, 5.41) is 4.38. The van der Waals surface area contributed by atoms with E-state index in [4.69, 9.17) is 9.15 Å². The Hall–Kier alpha value is -3.56. The van der Waals surface area contributed by atoms with Gasteiger partial charge in [0.2, 0.25) is 4.96 Å². The second kappa shape index (κ2) is 8.76. The van der Waals surface area contributed by atoms with E-state index in [-0.39, 0.29) is 11.5 Å². The van der Waals surface area contributed by atoms with Crippen LogP contribution in [0.15, 0.2) is 74.3 Å². The molecular formula is C24H16BrN3O4S. The molecule has 5 rings (SSSR count). The summed E-state index contributed by atoms with van der Waals surface area (Å²) in [5.74, 6) is 1.29. The number of fused-ring (bicyclic) bond motifs is 1. The molecule has 0 radical (unpaired) electrons. The van der Waals surface area contributed by atoms with Crippen LogP contribution in [0.1, 0.15) is 23.0 Å². The quantitative estimate of drug-likeness (QED) is 0.315. The fraction of sp³-hybridized carbons (Fsp3) is 0.0833. The molecule has 0 unspecified atom stereocenters. The first-order chi connectivity index (χ1) is 16.0. The number of nitrogens with zero attached hydrogens (tertiary/aromatic N) is 3. The van der Waals surface area contributed by atoms with E-state index in [2.05, 4.69) is 26.0 Å². The van der Waals surface area contributed by atoms with Gasteiger partial charge in [-0.3, -0.25) is 4.79 Å². The SMILES string of the molecule is CCOC(=O)c1ccc(-c2ccc(C=c3sc4nc(-c5ccccc5Br)nn4c3=O)o2)cc1. The van der Waals surface area contributed by atoms with E-state index >= 15 is 0 Å². The molecular weight excluding hydrogens is 506 g/mol. The lowest BCUT2D eigenvalue weighted by atomic mass is 10.1. The smallest absolute Gasteiger partial charge is 0.338 e. The minimum Gasteiger partial charge on any atom is -0.462 e. The van der Waals surface area contributed by atoms with Crippen LogP contribution in [0.2, 0.25) is 0 Å². The molecule has 0 amide bonds. The summed E-state index contributed by atoms with van der Waals surface area (Å²) in [7, 11) is 0. The van der Waals surface area contributed by atoms with E-state index in [0.29, 0.717) is 39.0 Å². The molecule has 3 heterocycles. The van der Waals surface area contributed by atoms with Gasteiger partial charge in [-0.15, -0.1) is 5.10 Å². The first kappa shape index (κ1) is 21.3. The van der Waals surface area contributed by atoms with Gasteiger partial charge in [0.05, 0.1) is 12.2 Å². The number of ether oxygens (including phenoxy) is 1. The van der Waals surface area contributed by atoms with Gasteiger partial charge in [0.25, 0.3) is 5.56 Å². The lowest BCUT2D eigenvalue weighted by Crippen LogP contribution is -2.23. The molecule has 0 aliphatic rings. The molecule has 0 fully saturated rings. The maximum atomic E-state index is 12.8. The molecule has 0 atom stereocenters. The number of halogens is 1. The Morgan fingerprint density at radius 3 is 2.67 bits per heavy atom. The monoisotopic (exact) mass is 521 g/mol. The highest BCUT2D eigenvalue weighted by molar-refractivity contribution is 9.10. The van der Waals surface area contributed by atoms with Crippen molar-refractivity contribution in [2.24, 2.45) is 0 Å². The van der Waals surface area contributed by atoms with E-state index in [1.807, 2.05) is 30.3 Å². The van der Waals surface area contributed by atoms with Crippen molar-refractivity contribution < 1.29 is 13.9 Å². The van der Waals surface area contributed by atoms with Gasteiger partial charge in [-0.2, -0.15) is 9.50 Å². The average molecular weight is 522 g/mol. The maximum Gasteiger partial charge on any atom is 0.338 e. The van der Waals surface area contributed by atoms with E-state index in [9.17, 15) is 9.59 Å². The summed E-state index contributed by atoms with van der Waals surface area (Å²) in [6, 6.07) is 18.2. The number of hydrogen-bond acceptors (Lipinski definition) is 7. The zero-order chi connectivity index (χ0) is 22.9. The Kier molecular flexibility index (Phi) is 5.65. The lowest BCUT2D eigenvalue weighted by molar-refractivity contribution is 0.0526. The number of carbonyl (C=O) groups excluding carboxylic acids is 1. The van der Waals surface area contributed by atoms with Gasteiger partial charge in [-0.25, -0.2) is 4.79 Å². The molecule has 164 valence electrons. The van der Waals surface area contributed by atoms with Crippen molar-refractivity contribution in [3.63, 3.8) is 0 Å². The van der Waals surface area contributed by atoms with Crippen molar-refractivity contribution in [3.8, 4) is 22.7 Å². The molecule has 0 N–H and O–H groups in total. The molecule has 0 bridgehead atoms. The first-order valence-electron chi connectivity index (χ1n) is 10.1. The van der Waals surface area contributed by atoms with Gasteiger partial charge in [0, 0.05) is 21.7 Å². The summed E-state index contributed by atoms with van der Waals surface area (Å²) >= 11 is 4.74. The highest BCUT2D eigenvalue weighted by Crippen LogP contribution is 2.26. The van der Waals surface area contributed by atoms with Gasteiger partial charge in [-0.1, -0.05) is 51.5 Å². The highest BCUT2D eigenvalue weighted by atomic mass is 79.9. The third-order valence-corrected chi connectivity index (χ3v) is 6.53. The van der Waals surface area contributed by atoms with Crippen LogP contribution in [-0.4, -0.2) is 27.2 Å². The van der Waals surface area contributed by atoms with Crippen LogP contribution in [0.3, 0.4) is 0 Å². The molecule has 3 aromatic heterocycles. The van der Waals surface area contributed by atoms with Crippen LogP contribution in [0, 0.1) is 0 Å². The van der Waals surface area contributed by atoms with E-state index in [1.165, 1.54) is 15.9 Å². The van der Waals surface area contributed by atoms with Crippen molar-refractivity contribution in [2.75, 3.05) is 6.61 Å². The molecule has 0 saturated carbocycles. The Balaban J connectivity index is 1.43. The van der Waals surface area contributed by atoms with Gasteiger partial charge < -0.3 is 9.15 Å². The summed E-state index contributed by atoms with van der Waals surface area (Å²) in [6.45, 7) is 2.09. The third-order valence-electron chi connectivity index (χ3n) is 4.88. The van der Waals surface area contributed by atoms with E-state index < -0.39 is 0 Å². The Morgan fingerprint density at radius 2 is 1.94 bits per heavy atom. The summed E-state index contributed by atoms with van der Waals surface area (Å²) in [5.41, 5.74) is 1.86. The second-order valence-corrected chi connectivity index (χ2v) is 8.89. The predicted octanol–water partition coefficient (Wildman–Crippen LogP) is 4.56. The normalized spacial score (nSPS) is 11.9. The van der Waals surface area contributed by atoms with Gasteiger partial charge in [-0.05, 0) is 43.3 Å². The minimum absolute atomic E-state index is 0.252. The van der Waals surface area contributed by atoms with Gasteiger partial charge >= 0.3 is 5.97 Å². The molecule has 9 heteroatoms. The zero-order valence-corrected chi connectivity index (χ0v) is 19.7. The third kappa shape index (κ3) is 4.12. The lowest BCUT2D eigenvalue weighted by Gasteiger charge is -2.02. The molecule has 0 saturated heterocycles. The van der Waals surface area contributed by atoms with E-state index in [1.54, 1.807) is 43.3 Å². The first-order valence-corrected chi connectivity index (χ1v) is 11.7. The number of furan rings is 1. The Bertz CT molecular complexity index is 1580. The number of aromatic nitrogens is 3. The summed E-state index contributed by atoms with van der Waals surface area (Å²) in [4.78, 5) is 29.7. The molecule has 0 aliphatic carbocycles. The maximum absolute atomic E-state index is 12.8. The fourth-order valence-corrected chi connectivity index (χ4v) is 4.64. The van der Waals surface area contributed by atoms with Gasteiger partial charge in [0.15, 0.2) is 5.82 Å². The standard InChI is InChI=1S/C24H16BrN3O4S/c1-2-31-23(30)15-9-7-14(8-10-15)19-12-11-16(32-19)13-20-22(29)28-24(33-20)26-21(27-28)17-5-3-4-6-18(17)25/h3-13H,2H2,1H3. The van der Waals surface area contributed by atoms with Crippen molar-refractivity contribution in [3.05, 3.63) is 91.3 Å². The van der Waals surface area contributed by atoms with Crippen molar-refractivity contribution >= 4 is 44.3 Å². The van der Waals surface area contributed by atoms with Crippen LogP contribution >= 0.6 is 27.3 Å². The predicted molar refractivity (Wildman–Crippen MR) is 129 cm³/mol. The molecule has 33 heavy (non-hydrogen) atoms. The van der Waals surface area contributed by atoms with Crippen LogP contribution in [0.4, 0.5) is 0 Å². The summed E-state index contributed by atoms with van der Waals surface area (Å²) < 4.78 is 13.5. The highest BCUT2D eigenvalue weighted by Gasteiger charge is 2.14. The van der Waals surface area contributed by atoms with Crippen LogP contribution < -0.4 is 10.1 Å². The molecule has 0 spiro atoms. The molecule has 7 nitrogen and oxygen atoms in total. The number of thiazole rings is 1. The van der Waals surface area contributed by atoms with Crippen LogP contribution in [0.25, 0.3) is 33.7 Å². The number of hydrogen-bond donors (Lipinski definition) is 0. The Labute approximate surface area is 200 Å². The van der Waals surface area contributed by atoms with Crippen LogP contribution in [-0.2, 0) is 4.74 Å².